The van der Waals surface area contributed by atoms with Crippen molar-refractivity contribution in [1.82, 2.24) is 0 Å². The van der Waals surface area contributed by atoms with Gasteiger partial charge < -0.3 is 15.3 Å². The SMILES string of the molecule is N#CC[C@@H](O)CC(O)CC(=O)O. The van der Waals surface area contributed by atoms with Gasteiger partial charge in [0.1, 0.15) is 0 Å². The van der Waals surface area contributed by atoms with E-state index in [0.29, 0.717) is 0 Å². The molecule has 0 aromatic rings. The van der Waals surface area contributed by atoms with Crippen molar-refractivity contribution in [3.05, 3.63) is 0 Å². The molecule has 0 aliphatic carbocycles. The Morgan fingerprint density at radius 1 is 1.42 bits per heavy atom. The van der Waals surface area contributed by atoms with Gasteiger partial charge in [-0.3, -0.25) is 4.79 Å². The van der Waals surface area contributed by atoms with Gasteiger partial charge >= 0.3 is 5.97 Å². The summed E-state index contributed by atoms with van der Waals surface area (Å²) in [5.74, 6) is -1.12. The molecular formula is C7H11NO4. The summed E-state index contributed by atoms with van der Waals surface area (Å²) < 4.78 is 0. The fourth-order valence-corrected chi connectivity index (χ4v) is 0.788. The molecule has 0 aliphatic rings. The fraction of sp³-hybridized carbons (Fsp3) is 0.714. The monoisotopic (exact) mass is 173 g/mol. The number of nitriles is 1. The van der Waals surface area contributed by atoms with E-state index in [-0.39, 0.29) is 12.8 Å². The van der Waals surface area contributed by atoms with Gasteiger partial charge in [0.2, 0.25) is 0 Å². The minimum atomic E-state index is -1.12. The molecule has 0 heterocycles. The Morgan fingerprint density at radius 3 is 2.42 bits per heavy atom. The molecule has 1 unspecified atom stereocenters. The van der Waals surface area contributed by atoms with Gasteiger partial charge in [0.05, 0.1) is 31.1 Å². The molecule has 2 atom stereocenters. The van der Waals surface area contributed by atoms with Crippen LogP contribution in [0.5, 0.6) is 0 Å². The lowest BCUT2D eigenvalue weighted by molar-refractivity contribution is -0.139. The lowest BCUT2D eigenvalue weighted by atomic mass is 10.1. The number of carboxylic acids is 1. The molecule has 68 valence electrons. The summed E-state index contributed by atoms with van der Waals surface area (Å²) in [7, 11) is 0. The largest absolute Gasteiger partial charge is 0.481 e. The number of rotatable bonds is 5. The van der Waals surface area contributed by atoms with E-state index in [9.17, 15) is 4.79 Å². The van der Waals surface area contributed by atoms with Gasteiger partial charge in [-0.15, -0.1) is 0 Å². The Balaban J connectivity index is 3.62. The van der Waals surface area contributed by atoms with E-state index >= 15 is 0 Å². The maximum atomic E-state index is 10.0. The zero-order valence-electron chi connectivity index (χ0n) is 6.47. The highest BCUT2D eigenvalue weighted by atomic mass is 16.4. The van der Waals surface area contributed by atoms with Crippen molar-refractivity contribution in [1.29, 1.82) is 5.26 Å². The zero-order valence-corrected chi connectivity index (χ0v) is 6.47. The lowest BCUT2D eigenvalue weighted by Gasteiger charge is -2.10. The summed E-state index contributed by atoms with van der Waals surface area (Å²) in [6.45, 7) is 0. The first-order valence-corrected chi connectivity index (χ1v) is 3.51. The molecule has 3 N–H and O–H groups in total. The fourth-order valence-electron chi connectivity index (χ4n) is 0.788. The first-order valence-electron chi connectivity index (χ1n) is 3.51. The van der Waals surface area contributed by atoms with Crippen LogP contribution in [0.4, 0.5) is 0 Å². The molecule has 0 saturated heterocycles. The molecule has 12 heavy (non-hydrogen) atoms. The number of carboxylic acid groups (broad SMARTS) is 1. The number of nitrogens with zero attached hydrogens (tertiary/aromatic N) is 1. The maximum absolute atomic E-state index is 10.0. The highest BCUT2D eigenvalue weighted by Gasteiger charge is 2.14. The molecule has 0 aromatic heterocycles. The Kier molecular flexibility index (Phi) is 5.00. The summed E-state index contributed by atoms with van der Waals surface area (Å²) in [6, 6.07) is 1.72. The molecule has 0 radical (unpaired) electrons. The first-order chi connectivity index (χ1) is 5.56. The van der Waals surface area contributed by atoms with Crippen molar-refractivity contribution in [2.75, 3.05) is 0 Å². The summed E-state index contributed by atoms with van der Waals surface area (Å²) in [4.78, 5) is 10.0. The number of hydrogen-bond acceptors (Lipinski definition) is 4. The van der Waals surface area contributed by atoms with Crippen LogP contribution >= 0.6 is 0 Å². The van der Waals surface area contributed by atoms with Crippen LogP contribution in [0, 0.1) is 11.3 Å². The lowest BCUT2D eigenvalue weighted by Crippen LogP contribution is -2.20. The predicted molar refractivity (Wildman–Crippen MR) is 39.1 cm³/mol. The molecule has 0 rings (SSSR count). The van der Waals surface area contributed by atoms with Gasteiger partial charge in [-0.2, -0.15) is 5.26 Å². The Labute approximate surface area is 69.9 Å². The molecule has 0 amide bonds. The minimum absolute atomic E-state index is 0.0696. The summed E-state index contributed by atoms with van der Waals surface area (Å²) >= 11 is 0. The van der Waals surface area contributed by atoms with Crippen molar-refractivity contribution in [3.8, 4) is 6.07 Å². The van der Waals surface area contributed by atoms with Crippen molar-refractivity contribution >= 4 is 5.97 Å². The number of aliphatic hydroxyl groups excluding tert-OH is 2. The van der Waals surface area contributed by atoms with Crippen LogP contribution in [-0.2, 0) is 4.79 Å². The summed E-state index contributed by atoms with van der Waals surface area (Å²) in [5, 5.41) is 34.3. The van der Waals surface area contributed by atoms with Crippen molar-refractivity contribution in [3.63, 3.8) is 0 Å². The second-order valence-corrected chi connectivity index (χ2v) is 2.50. The van der Waals surface area contributed by atoms with E-state index in [1.165, 1.54) is 0 Å². The highest BCUT2D eigenvalue weighted by molar-refractivity contribution is 5.67. The van der Waals surface area contributed by atoms with Gasteiger partial charge in [-0.25, -0.2) is 0 Å². The summed E-state index contributed by atoms with van der Waals surface area (Å²) in [5.41, 5.74) is 0. The van der Waals surface area contributed by atoms with E-state index in [0.717, 1.165) is 0 Å². The van der Waals surface area contributed by atoms with Crippen molar-refractivity contribution in [2.24, 2.45) is 0 Å². The highest BCUT2D eigenvalue weighted by Crippen LogP contribution is 2.04. The standard InChI is InChI=1S/C7H11NO4/c8-2-1-5(9)3-6(10)4-7(11)12/h5-6,9-10H,1,3-4H2,(H,11,12)/t5-,6?/m1/s1. The molecule has 0 saturated carbocycles. The van der Waals surface area contributed by atoms with Crippen molar-refractivity contribution in [2.45, 2.75) is 31.5 Å². The van der Waals surface area contributed by atoms with Crippen LogP contribution in [0.1, 0.15) is 19.3 Å². The third-order valence-electron chi connectivity index (χ3n) is 1.28. The van der Waals surface area contributed by atoms with Crippen LogP contribution in [0.3, 0.4) is 0 Å². The van der Waals surface area contributed by atoms with E-state index in [1.54, 1.807) is 6.07 Å². The normalized spacial score (nSPS) is 14.8. The summed E-state index contributed by atoms with van der Waals surface area (Å²) in [6.07, 6.45) is -2.57. The Bertz CT molecular complexity index is 186. The molecule has 0 aliphatic heterocycles. The van der Waals surface area contributed by atoms with Gasteiger partial charge in [0, 0.05) is 6.42 Å². The van der Waals surface area contributed by atoms with Crippen LogP contribution in [0.15, 0.2) is 0 Å². The quantitative estimate of drug-likeness (QED) is 0.519. The zero-order chi connectivity index (χ0) is 9.56. The topological polar surface area (TPSA) is 102 Å². The number of carbonyl (C=O) groups is 1. The minimum Gasteiger partial charge on any atom is -0.481 e. The van der Waals surface area contributed by atoms with Gasteiger partial charge in [-0.05, 0) is 0 Å². The van der Waals surface area contributed by atoms with Crippen LogP contribution in [0.2, 0.25) is 0 Å². The molecule has 5 nitrogen and oxygen atoms in total. The third-order valence-corrected chi connectivity index (χ3v) is 1.28. The first kappa shape index (κ1) is 10.9. The van der Waals surface area contributed by atoms with E-state index < -0.39 is 24.6 Å². The van der Waals surface area contributed by atoms with E-state index in [1.807, 2.05) is 0 Å². The molecular weight excluding hydrogens is 162 g/mol. The van der Waals surface area contributed by atoms with Gasteiger partial charge in [0.15, 0.2) is 0 Å². The predicted octanol–water partition coefficient (Wildman–Crippen LogP) is -0.513. The second kappa shape index (κ2) is 5.52. The Hall–Kier alpha value is -1.12. The average Bonchev–Trinajstić information content (AvgIpc) is 1.84. The van der Waals surface area contributed by atoms with E-state index in [2.05, 4.69) is 0 Å². The number of aliphatic carboxylic acids is 1. The maximum Gasteiger partial charge on any atom is 0.305 e. The van der Waals surface area contributed by atoms with Crippen LogP contribution in [-0.4, -0.2) is 33.5 Å². The van der Waals surface area contributed by atoms with Crippen molar-refractivity contribution < 1.29 is 20.1 Å². The average molecular weight is 173 g/mol. The van der Waals surface area contributed by atoms with Crippen LogP contribution in [0.25, 0.3) is 0 Å². The second-order valence-electron chi connectivity index (χ2n) is 2.50. The number of hydrogen-bond donors (Lipinski definition) is 3. The third kappa shape index (κ3) is 5.65. The molecule has 0 fully saturated rings. The Morgan fingerprint density at radius 2 is 2.00 bits per heavy atom. The molecule has 0 bridgehead atoms. The van der Waals surface area contributed by atoms with Gasteiger partial charge in [0.25, 0.3) is 0 Å². The van der Waals surface area contributed by atoms with Crippen LogP contribution < -0.4 is 0 Å². The molecule has 0 aromatic carbocycles. The molecule has 0 spiro atoms. The smallest absolute Gasteiger partial charge is 0.305 e. The molecule has 5 heteroatoms. The van der Waals surface area contributed by atoms with E-state index in [4.69, 9.17) is 20.6 Å². The number of aliphatic hydroxyl groups is 2. The van der Waals surface area contributed by atoms with Gasteiger partial charge in [-0.1, -0.05) is 0 Å².